The maximum absolute atomic E-state index is 12.1. The number of likely N-dealkylation sites (N-methyl/N-ethyl adjacent to an activating group) is 1. The van der Waals surface area contributed by atoms with Crippen LogP contribution in [-0.4, -0.2) is 68.9 Å². The zero-order valence-corrected chi connectivity index (χ0v) is 11.0. The summed E-state index contributed by atoms with van der Waals surface area (Å²) in [5.41, 5.74) is -0.701. The fourth-order valence-electron chi connectivity index (χ4n) is 1.39. The highest BCUT2D eigenvalue weighted by Crippen LogP contribution is 2.24. The van der Waals surface area contributed by atoms with Crippen molar-refractivity contribution in [1.29, 1.82) is 0 Å². The smallest absolute Gasteiger partial charge is 0.327 e. The van der Waals surface area contributed by atoms with Crippen LogP contribution in [0.4, 0.5) is 4.79 Å². The van der Waals surface area contributed by atoms with Crippen molar-refractivity contribution in [1.82, 2.24) is 9.80 Å². The Morgan fingerprint density at radius 2 is 2.12 bits per heavy atom. The van der Waals surface area contributed by atoms with E-state index in [4.69, 9.17) is 5.11 Å². The summed E-state index contributed by atoms with van der Waals surface area (Å²) in [6.07, 6.45) is 0. The van der Waals surface area contributed by atoms with Crippen LogP contribution in [0, 0.1) is 0 Å². The zero-order valence-electron chi connectivity index (χ0n) is 10.2. The highest BCUT2D eigenvalue weighted by molar-refractivity contribution is 7.99. The molecule has 0 unspecified atom stereocenters. The van der Waals surface area contributed by atoms with Crippen LogP contribution >= 0.6 is 11.8 Å². The van der Waals surface area contributed by atoms with Gasteiger partial charge in [-0.05, 0) is 13.8 Å². The highest BCUT2D eigenvalue weighted by atomic mass is 32.2. The van der Waals surface area contributed by atoms with Crippen molar-refractivity contribution >= 4 is 23.8 Å². The summed E-state index contributed by atoms with van der Waals surface area (Å²) in [7, 11) is 1.57. The minimum absolute atomic E-state index is 0.173. The molecule has 0 spiro atoms. The number of carboxylic acids is 1. The molecule has 17 heavy (non-hydrogen) atoms. The lowest BCUT2D eigenvalue weighted by atomic mass is 10.1. The summed E-state index contributed by atoms with van der Waals surface area (Å²) in [5, 5.41) is 18.2. The minimum Gasteiger partial charge on any atom is -0.480 e. The Labute approximate surface area is 105 Å². The molecule has 1 aliphatic heterocycles. The number of rotatable bonds is 3. The second kappa shape index (κ2) is 5.14. The molecule has 0 radical (unpaired) electrons. The van der Waals surface area contributed by atoms with Crippen molar-refractivity contribution in [2.75, 3.05) is 25.3 Å². The number of carbonyl (C=O) groups excluding carboxylic acids is 1. The topological polar surface area (TPSA) is 81.1 Å². The number of aliphatic hydroxyl groups is 1. The molecular formula is C10H18N2O4S. The Hall–Kier alpha value is -0.950. The van der Waals surface area contributed by atoms with Gasteiger partial charge in [-0.1, -0.05) is 0 Å². The van der Waals surface area contributed by atoms with E-state index in [1.165, 1.54) is 21.6 Å². The Bertz CT molecular complexity index is 321. The van der Waals surface area contributed by atoms with Crippen LogP contribution < -0.4 is 0 Å². The van der Waals surface area contributed by atoms with Gasteiger partial charge in [0.15, 0.2) is 0 Å². The lowest BCUT2D eigenvalue weighted by molar-refractivity contribution is -0.141. The van der Waals surface area contributed by atoms with E-state index in [-0.39, 0.29) is 12.6 Å². The van der Waals surface area contributed by atoms with Gasteiger partial charge in [0, 0.05) is 12.8 Å². The Morgan fingerprint density at radius 3 is 2.59 bits per heavy atom. The van der Waals surface area contributed by atoms with E-state index in [1.807, 2.05) is 0 Å². The maximum atomic E-state index is 12.1. The second-order valence-corrected chi connectivity index (χ2v) is 5.64. The van der Waals surface area contributed by atoms with Crippen LogP contribution in [0.5, 0.6) is 0 Å². The molecule has 1 aliphatic rings. The number of carboxylic acid groups (broad SMARTS) is 1. The first-order chi connectivity index (χ1) is 7.81. The van der Waals surface area contributed by atoms with Gasteiger partial charge < -0.3 is 20.0 Å². The van der Waals surface area contributed by atoms with Crippen LogP contribution in [0.15, 0.2) is 0 Å². The highest BCUT2D eigenvalue weighted by Gasteiger charge is 2.39. The largest absolute Gasteiger partial charge is 0.480 e. The van der Waals surface area contributed by atoms with E-state index in [9.17, 15) is 14.7 Å². The second-order valence-electron chi connectivity index (χ2n) is 4.64. The van der Waals surface area contributed by atoms with Gasteiger partial charge in [-0.15, -0.1) is 11.8 Å². The predicted octanol–water partition coefficient (Wildman–Crippen LogP) is 0.269. The molecule has 2 amide bonds. The van der Waals surface area contributed by atoms with E-state index >= 15 is 0 Å². The van der Waals surface area contributed by atoms with Crippen molar-refractivity contribution < 1.29 is 19.8 Å². The van der Waals surface area contributed by atoms with Gasteiger partial charge in [0.2, 0.25) is 0 Å². The molecule has 0 bridgehead atoms. The fourth-order valence-corrected chi connectivity index (χ4v) is 2.53. The van der Waals surface area contributed by atoms with Crippen LogP contribution in [0.3, 0.4) is 0 Å². The van der Waals surface area contributed by atoms with Gasteiger partial charge >= 0.3 is 12.0 Å². The molecule has 1 saturated heterocycles. The first-order valence-corrected chi connectivity index (χ1v) is 6.42. The van der Waals surface area contributed by atoms with Crippen LogP contribution in [0.2, 0.25) is 0 Å². The van der Waals surface area contributed by atoms with Crippen molar-refractivity contribution in [3.63, 3.8) is 0 Å². The molecule has 0 aromatic heterocycles. The van der Waals surface area contributed by atoms with E-state index in [2.05, 4.69) is 0 Å². The van der Waals surface area contributed by atoms with Gasteiger partial charge in [0.05, 0.1) is 18.0 Å². The van der Waals surface area contributed by atoms with Gasteiger partial charge in [-0.3, -0.25) is 0 Å². The SMILES string of the molecule is CN(C(=O)N1CSC[C@H]1C(=O)O)C(C)(C)CO. The van der Waals surface area contributed by atoms with E-state index < -0.39 is 17.6 Å². The van der Waals surface area contributed by atoms with E-state index in [1.54, 1.807) is 20.9 Å². The number of hydrogen-bond donors (Lipinski definition) is 2. The molecule has 1 rings (SSSR count). The number of thioether (sulfide) groups is 1. The summed E-state index contributed by atoms with van der Waals surface area (Å²) in [6, 6.07) is -1.13. The minimum atomic E-state index is -0.987. The Balaban J connectivity index is 2.79. The van der Waals surface area contributed by atoms with Crippen LogP contribution in [0.1, 0.15) is 13.8 Å². The van der Waals surface area contributed by atoms with Crippen molar-refractivity contribution in [3.8, 4) is 0 Å². The Morgan fingerprint density at radius 1 is 1.53 bits per heavy atom. The maximum Gasteiger partial charge on any atom is 0.327 e. The number of amides is 2. The van der Waals surface area contributed by atoms with E-state index in [0.29, 0.717) is 11.6 Å². The molecule has 0 saturated carbocycles. The lowest BCUT2D eigenvalue weighted by Crippen LogP contribution is -2.55. The van der Waals surface area contributed by atoms with Crippen LogP contribution in [-0.2, 0) is 4.79 Å². The van der Waals surface area contributed by atoms with Crippen molar-refractivity contribution in [3.05, 3.63) is 0 Å². The van der Waals surface area contributed by atoms with Gasteiger partial charge in [0.1, 0.15) is 6.04 Å². The summed E-state index contributed by atoms with van der Waals surface area (Å²) < 4.78 is 0. The number of aliphatic hydroxyl groups excluding tert-OH is 1. The Kier molecular flexibility index (Phi) is 4.26. The molecule has 6 nitrogen and oxygen atoms in total. The number of carbonyl (C=O) groups is 2. The molecule has 0 aromatic carbocycles. The average Bonchev–Trinajstić information content (AvgIpc) is 2.75. The van der Waals surface area contributed by atoms with Crippen LogP contribution in [0.25, 0.3) is 0 Å². The molecular weight excluding hydrogens is 244 g/mol. The number of urea groups is 1. The van der Waals surface area contributed by atoms with Gasteiger partial charge in [0.25, 0.3) is 0 Å². The fraction of sp³-hybridized carbons (Fsp3) is 0.800. The first-order valence-electron chi connectivity index (χ1n) is 5.27. The molecule has 0 aromatic rings. The molecule has 1 heterocycles. The quantitative estimate of drug-likeness (QED) is 0.763. The molecule has 7 heteroatoms. The normalized spacial score (nSPS) is 20.5. The van der Waals surface area contributed by atoms with Crippen molar-refractivity contribution in [2.45, 2.75) is 25.4 Å². The first kappa shape index (κ1) is 14.1. The zero-order chi connectivity index (χ0) is 13.2. The summed E-state index contributed by atoms with van der Waals surface area (Å²) >= 11 is 1.42. The summed E-state index contributed by atoms with van der Waals surface area (Å²) in [6.45, 7) is 3.28. The molecule has 98 valence electrons. The molecule has 0 aliphatic carbocycles. The summed E-state index contributed by atoms with van der Waals surface area (Å²) in [4.78, 5) is 25.8. The lowest BCUT2D eigenvalue weighted by Gasteiger charge is -2.37. The van der Waals surface area contributed by atoms with Gasteiger partial charge in [-0.25, -0.2) is 9.59 Å². The summed E-state index contributed by atoms with van der Waals surface area (Å²) in [5.74, 6) is -0.200. The molecule has 1 atom stereocenters. The number of aliphatic carboxylic acids is 1. The average molecular weight is 262 g/mol. The number of nitrogens with zero attached hydrogens (tertiary/aromatic N) is 2. The third-order valence-electron chi connectivity index (χ3n) is 2.99. The van der Waals surface area contributed by atoms with Crippen molar-refractivity contribution in [2.24, 2.45) is 0 Å². The van der Waals surface area contributed by atoms with Gasteiger partial charge in [-0.2, -0.15) is 0 Å². The molecule has 2 N–H and O–H groups in total. The molecule has 1 fully saturated rings. The standard InChI is InChI=1S/C10H18N2O4S/c1-10(2,5-13)11(3)9(16)12-6-17-4-7(12)8(14)15/h7,13H,4-6H2,1-3H3,(H,14,15)/t7-/m0/s1. The third-order valence-corrected chi connectivity index (χ3v) is 4.01. The predicted molar refractivity (Wildman–Crippen MR) is 64.9 cm³/mol. The monoisotopic (exact) mass is 262 g/mol. The number of hydrogen-bond acceptors (Lipinski definition) is 4. The third kappa shape index (κ3) is 2.84. The van der Waals surface area contributed by atoms with E-state index in [0.717, 1.165) is 0 Å².